The summed E-state index contributed by atoms with van der Waals surface area (Å²) < 4.78 is 39.5. The molecule has 0 aromatic heterocycles. The van der Waals surface area contributed by atoms with Crippen molar-refractivity contribution in [1.82, 2.24) is 0 Å². The number of anilines is 1. The van der Waals surface area contributed by atoms with E-state index in [1.54, 1.807) is 12.1 Å². The number of hydrogen-bond donors (Lipinski definition) is 1. The largest absolute Gasteiger partial charge is 0.280 e. The first-order valence-electron chi connectivity index (χ1n) is 6.38. The zero-order chi connectivity index (χ0) is 14.6. The van der Waals surface area contributed by atoms with Crippen molar-refractivity contribution in [2.24, 2.45) is 0 Å². The quantitative estimate of drug-likeness (QED) is 0.916. The van der Waals surface area contributed by atoms with Crippen LogP contribution < -0.4 is 4.72 Å². The molecule has 2 aromatic carbocycles. The Balaban J connectivity index is 2.19. The summed E-state index contributed by atoms with van der Waals surface area (Å²) in [6.45, 7) is 2.07. The van der Waals surface area contributed by atoms with Crippen LogP contribution in [0.1, 0.15) is 18.9 Å². The lowest BCUT2D eigenvalue weighted by Crippen LogP contribution is -2.12. The maximum atomic E-state index is 12.8. The number of hydrogen-bond acceptors (Lipinski definition) is 2. The SMILES string of the molecule is CCCc1ccc(S(=O)(=O)Nc2ccc(F)cc2)cc1. The first kappa shape index (κ1) is 14.5. The van der Waals surface area contributed by atoms with Crippen LogP contribution in [0.2, 0.25) is 0 Å². The molecule has 1 N–H and O–H groups in total. The number of sulfonamides is 1. The third kappa shape index (κ3) is 3.57. The average Bonchev–Trinajstić information content (AvgIpc) is 2.42. The minimum atomic E-state index is -3.63. The third-order valence-corrected chi connectivity index (χ3v) is 4.27. The van der Waals surface area contributed by atoms with Crippen LogP contribution >= 0.6 is 0 Å². The van der Waals surface area contributed by atoms with Crippen LogP contribution in [0, 0.1) is 5.82 Å². The van der Waals surface area contributed by atoms with E-state index < -0.39 is 15.8 Å². The summed E-state index contributed by atoms with van der Waals surface area (Å²) in [5, 5.41) is 0. The topological polar surface area (TPSA) is 46.2 Å². The van der Waals surface area contributed by atoms with Crippen LogP contribution in [-0.4, -0.2) is 8.42 Å². The summed E-state index contributed by atoms with van der Waals surface area (Å²) in [4.78, 5) is 0.196. The molecule has 0 fully saturated rings. The molecule has 0 aliphatic rings. The molecule has 0 spiro atoms. The Morgan fingerprint density at radius 2 is 1.60 bits per heavy atom. The maximum absolute atomic E-state index is 12.8. The molecule has 106 valence electrons. The van der Waals surface area contributed by atoms with Gasteiger partial charge < -0.3 is 0 Å². The Morgan fingerprint density at radius 3 is 2.15 bits per heavy atom. The van der Waals surface area contributed by atoms with Crippen molar-refractivity contribution in [3.63, 3.8) is 0 Å². The van der Waals surface area contributed by atoms with E-state index in [1.807, 2.05) is 12.1 Å². The Labute approximate surface area is 118 Å². The molecule has 0 heterocycles. The highest BCUT2D eigenvalue weighted by atomic mass is 32.2. The molecule has 0 aliphatic carbocycles. The van der Waals surface area contributed by atoms with Crippen molar-refractivity contribution in [2.45, 2.75) is 24.7 Å². The molecule has 2 aromatic rings. The summed E-state index contributed by atoms with van der Waals surface area (Å²) in [7, 11) is -3.63. The van der Waals surface area contributed by atoms with E-state index in [-0.39, 0.29) is 4.90 Å². The zero-order valence-electron chi connectivity index (χ0n) is 11.1. The van der Waals surface area contributed by atoms with Gasteiger partial charge in [0.05, 0.1) is 4.90 Å². The molecule has 0 amide bonds. The fourth-order valence-corrected chi connectivity index (χ4v) is 2.91. The molecular weight excluding hydrogens is 277 g/mol. The van der Waals surface area contributed by atoms with Gasteiger partial charge in [-0.25, -0.2) is 12.8 Å². The normalized spacial score (nSPS) is 11.3. The van der Waals surface area contributed by atoms with Crippen molar-refractivity contribution in [1.29, 1.82) is 0 Å². The Hall–Kier alpha value is -1.88. The second-order valence-corrected chi connectivity index (χ2v) is 6.19. The van der Waals surface area contributed by atoms with E-state index >= 15 is 0 Å². The van der Waals surface area contributed by atoms with Crippen LogP contribution in [-0.2, 0) is 16.4 Å². The van der Waals surface area contributed by atoms with Crippen molar-refractivity contribution in [3.05, 3.63) is 59.9 Å². The summed E-state index contributed by atoms with van der Waals surface area (Å²) in [5.41, 5.74) is 1.44. The highest BCUT2D eigenvalue weighted by molar-refractivity contribution is 7.92. The molecular formula is C15H16FNO2S. The molecule has 0 saturated carbocycles. The van der Waals surface area contributed by atoms with Gasteiger partial charge in [-0.1, -0.05) is 25.5 Å². The number of nitrogens with one attached hydrogen (secondary N) is 1. The molecule has 0 bridgehead atoms. The number of rotatable bonds is 5. The Kier molecular flexibility index (Phi) is 4.39. The molecule has 0 atom stereocenters. The molecule has 0 radical (unpaired) electrons. The van der Waals surface area contributed by atoms with E-state index in [0.29, 0.717) is 5.69 Å². The lowest BCUT2D eigenvalue weighted by atomic mass is 10.1. The van der Waals surface area contributed by atoms with E-state index in [0.717, 1.165) is 18.4 Å². The first-order valence-corrected chi connectivity index (χ1v) is 7.87. The van der Waals surface area contributed by atoms with Gasteiger partial charge in [0.1, 0.15) is 5.82 Å². The van der Waals surface area contributed by atoms with Crippen LogP contribution in [0.4, 0.5) is 10.1 Å². The summed E-state index contributed by atoms with van der Waals surface area (Å²) in [5.74, 6) is -0.406. The van der Waals surface area contributed by atoms with Crippen LogP contribution in [0.15, 0.2) is 53.4 Å². The summed E-state index contributed by atoms with van der Waals surface area (Å²) >= 11 is 0. The molecule has 0 unspecified atom stereocenters. The van der Waals surface area contributed by atoms with Gasteiger partial charge in [-0.2, -0.15) is 0 Å². The monoisotopic (exact) mass is 293 g/mol. The fourth-order valence-electron chi connectivity index (χ4n) is 1.86. The van der Waals surface area contributed by atoms with Gasteiger partial charge >= 0.3 is 0 Å². The maximum Gasteiger partial charge on any atom is 0.261 e. The lowest BCUT2D eigenvalue weighted by Gasteiger charge is -2.08. The van der Waals surface area contributed by atoms with Crippen LogP contribution in [0.25, 0.3) is 0 Å². The third-order valence-electron chi connectivity index (χ3n) is 2.87. The minimum Gasteiger partial charge on any atom is -0.280 e. The number of aryl methyl sites for hydroxylation is 1. The van der Waals surface area contributed by atoms with E-state index in [1.165, 1.54) is 24.3 Å². The van der Waals surface area contributed by atoms with Gasteiger partial charge in [0.25, 0.3) is 10.0 Å². The van der Waals surface area contributed by atoms with Crippen molar-refractivity contribution in [3.8, 4) is 0 Å². The van der Waals surface area contributed by atoms with Crippen molar-refractivity contribution in [2.75, 3.05) is 4.72 Å². The summed E-state index contributed by atoms with van der Waals surface area (Å²) in [6.07, 6.45) is 1.94. The standard InChI is InChI=1S/C15H16FNO2S/c1-2-3-12-4-10-15(11-5-12)20(18,19)17-14-8-6-13(16)7-9-14/h4-11,17H,2-3H2,1H3. The first-order chi connectivity index (χ1) is 9.51. The Bertz CT molecular complexity index is 664. The van der Waals surface area contributed by atoms with Gasteiger partial charge in [0, 0.05) is 5.69 Å². The molecule has 20 heavy (non-hydrogen) atoms. The molecule has 3 nitrogen and oxygen atoms in total. The smallest absolute Gasteiger partial charge is 0.261 e. The molecule has 2 rings (SSSR count). The molecule has 0 aliphatic heterocycles. The van der Waals surface area contributed by atoms with Crippen LogP contribution in [0.5, 0.6) is 0 Å². The predicted molar refractivity (Wildman–Crippen MR) is 77.6 cm³/mol. The highest BCUT2D eigenvalue weighted by Crippen LogP contribution is 2.17. The van der Waals surface area contributed by atoms with Crippen molar-refractivity contribution < 1.29 is 12.8 Å². The van der Waals surface area contributed by atoms with Gasteiger partial charge in [-0.05, 0) is 48.4 Å². The molecule has 0 saturated heterocycles. The molecule has 5 heteroatoms. The Morgan fingerprint density at radius 1 is 1.00 bits per heavy atom. The van der Waals surface area contributed by atoms with Gasteiger partial charge in [-0.15, -0.1) is 0 Å². The number of halogens is 1. The number of benzene rings is 2. The van der Waals surface area contributed by atoms with E-state index in [4.69, 9.17) is 0 Å². The predicted octanol–water partition coefficient (Wildman–Crippen LogP) is 3.58. The summed E-state index contributed by atoms with van der Waals surface area (Å²) in [6, 6.07) is 12.0. The van der Waals surface area contributed by atoms with E-state index in [2.05, 4.69) is 11.6 Å². The fraction of sp³-hybridized carbons (Fsp3) is 0.200. The van der Waals surface area contributed by atoms with Gasteiger partial charge in [-0.3, -0.25) is 4.72 Å². The van der Waals surface area contributed by atoms with Crippen LogP contribution in [0.3, 0.4) is 0 Å². The second kappa shape index (κ2) is 6.05. The van der Waals surface area contributed by atoms with Gasteiger partial charge in [0.2, 0.25) is 0 Å². The highest BCUT2D eigenvalue weighted by Gasteiger charge is 2.13. The van der Waals surface area contributed by atoms with Gasteiger partial charge in [0.15, 0.2) is 0 Å². The lowest BCUT2D eigenvalue weighted by molar-refractivity contribution is 0.601. The average molecular weight is 293 g/mol. The zero-order valence-corrected chi connectivity index (χ0v) is 12.0. The van der Waals surface area contributed by atoms with E-state index in [9.17, 15) is 12.8 Å². The second-order valence-electron chi connectivity index (χ2n) is 4.51. The van der Waals surface area contributed by atoms with Crippen molar-refractivity contribution >= 4 is 15.7 Å². The minimum absolute atomic E-state index is 0.196.